The molecule has 0 aliphatic carbocycles. The van der Waals surface area contributed by atoms with E-state index in [0.717, 1.165) is 32.1 Å². The molecule has 1 saturated heterocycles. The van der Waals surface area contributed by atoms with E-state index >= 15 is 0 Å². The first-order valence-corrected chi connectivity index (χ1v) is 6.96. The van der Waals surface area contributed by atoms with Crippen molar-refractivity contribution >= 4 is 11.8 Å². The van der Waals surface area contributed by atoms with Crippen molar-refractivity contribution in [2.24, 2.45) is 5.73 Å². The number of aliphatic hydroxyl groups is 1. The maximum Gasteiger partial charge on any atom is 0.252 e. The number of allylic oxidation sites excluding steroid dienone is 1. The van der Waals surface area contributed by atoms with Crippen molar-refractivity contribution in [1.82, 2.24) is 4.90 Å². The van der Waals surface area contributed by atoms with E-state index < -0.39 is 18.1 Å². The van der Waals surface area contributed by atoms with E-state index in [1.165, 1.54) is 4.90 Å². The topological polar surface area (TPSA) is 83.6 Å². The van der Waals surface area contributed by atoms with Crippen molar-refractivity contribution < 1.29 is 14.7 Å². The summed E-state index contributed by atoms with van der Waals surface area (Å²) in [5.74, 6) is -0.839. The van der Waals surface area contributed by atoms with Gasteiger partial charge in [0.1, 0.15) is 12.1 Å². The van der Waals surface area contributed by atoms with Gasteiger partial charge in [-0.1, -0.05) is 18.9 Å². The zero-order valence-corrected chi connectivity index (χ0v) is 11.4. The van der Waals surface area contributed by atoms with Gasteiger partial charge in [0.15, 0.2) is 0 Å². The van der Waals surface area contributed by atoms with Crippen LogP contribution in [0.3, 0.4) is 0 Å². The number of rotatable bonds is 8. The second kappa shape index (κ2) is 7.94. The third kappa shape index (κ3) is 4.67. The number of aliphatic hydroxyl groups excluding tert-OH is 1. The molecule has 5 nitrogen and oxygen atoms in total. The summed E-state index contributed by atoms with van der Waals surface area (Å²) in [5, 5.41) is 9.87. The van der Waals surface area contributed by atoms with Crippen molar-refractivity contribution in [3.63, 3.8) is 0 Å². The highest BCUT2D eigenvalue weighted by atomic mass is 16.3. The third-order valence-corrected chi connectivity index (χ3v) is 3.54. The van der Waals surface area contributed by atoms with Crippen molar-refractivity contribution in [3.8, 4) is 0 Å². The molecule has 1 aliphatic rings. The highest BCUT2D eigenvalue weighted by Crippen LogP contribution is 2.19. The first-order valence-electron chi connectivity index (χ1n) is 6.96. The summed E-state index contributed by atoms with van der Waals surface area (Å²) in [6.45, 7) is 4.16. The van der Waals surface area contributed by atoms with Gasteiger partial charge in [-0.3, -0.25) is 9.59 Å². The average Bonchev–Trinajstić information content (AvgIpc) is 2.86. The zero-order chi connectivity index (χ0) is 14.3. The lowest BCUT2D eigenvalue weighted by Gasteiger charge is -2.24. The molecule has 1 rings (SSSR count). The Morgan fingerprint density at radius 1 is 1.42 bits per heavy atom. The van der Waals surface area contributed by atoms with E-state index in [-0.39, 0.29) is 5.91 Å². The molecule has 0 saturated carbocycles. The van der Waals surface area contributed by atoms with Gasteiger partial charge in [-0.25, -0.2) is 0 Å². The standard InChI is InChI=1S/C14H24N2O3/c1-2-3-4-5-6-9-12(17)14(19)16-10-7-8-11(16)13(15)18/h2,11-12,17H,1,3-10H2,(H2,15,18)/t11-,12?/m0/s1. The Hall–Kier alpha value is -1.36. The molecule has 1 aliphatic heterocycles. The fraction of sp³-hybridized carbons (Fsp3) is 0.714. The molecule has 2 amide bonds. The number of carbonyl (C=O) groups is 2. The summed E-state index contributed by atoms with van der Waals surface area (Å²) in [6.07, 6.45) is 6.42. The summed E-state index contributed by atoms with van der Waals surface area (Å²) in [6, 6.07) is -0.539. The summed E-state index contributed by atoms with van der Waals surface area (Å²) in [5.41, 5.74) is 5.26. The van der Waals surface area contributed by atoms with Crippen LogP contribution in [0.15, 0.2) is 12.7 Å². The second-order valence-corrected chi connectivity index (χ2v) is 5.03. The van der Waals surface area contributed by atoms with E-state index in [1.54, 1.807) is 0 Å². The van der Waals surface area contributed by atoms with Crippen LogP contribution in [0, 0.1) is 0 Å². The Morgan fingerprint density at radius 3 is 2.79 bits per heavy atom. The van der Waals surface area contributed by atoms with E-state index in [4.69, 9.17) is 5.73 Å². The molecule has 1 unspecified atom stereocenters. The van der Waals surface area contributed by atoms with Gasteiger partial charge >= 0.3 is 0 Å². The maximum atomic E-state index is 12.0. The van der Waals surface area contributed by atoms with E-state index in [0.29, 0.717) is 19.4 Å². The fourth-order valence-corrected chi connectivity index (χ4v) is 2.44. The molecule has 0 radical (unpaired) electrons. The predicted molar refractivity (Wildman–Crippen MR) is 73.2 cm³/mol. The van der Waals surface area contributed by atoms with Crippen molar-refractivity contribution in [1.29, 1.82) is 0 Å². The van der Waals surface area contributed by atoms with Gasteiger partial charge in [0.25, 0.3) is 5.91 Å². The summed E-state index contributed by atoms with van der Waals surface area (Å²) in [7, 11) is 0. The number of nitrogens with zero attached hydrogens (tertiary/aromatic N) is 1. The van der Waals surface area contributed by atoms with Crippen LogP contribution in [-0.2, 0) is 9.59 Å². The zero-order valence-electron chi connectivity index (χ0n) is 11.4. The van der Waals surface area contributed by atoms with Gasteiger partial charge in [-0.15, -0.1) is 6.58 Å². The lowest BCUT2D eigenvalue weighted by atomic mass is 10.1. The van der Waals surface area contributed by atoms with Crippen LogP contribution < -0.4 is 5.73 Å². The molecule has 19 heavy (non-hydrogen) atoms. The Morgan fingerprint density at radius 2 is 2.16 bits per heavy atom. The summed E-state index contributed by atoms with van der Waals surface area (Å²) >= 11 is 0. The number of amides is 2. The van der Waals surface area contributed by atoms with E-state index in [9.17, 15) is 14.7 Å². The lowest BCUT2D eigenvalue weighted by molar-refractivity contribution is -0.144. The van der Waals surface area contributed by atoms with Crippen LogP contribution in [0.2, 0.25) is 0 Å². The lowest BCUT2D eigenvalue weighted by Crippen LogP contribution is -2.47. The minimum Gasteiger partial charge on any atom is -0.383 e. The minimum atomic E-state index is -1.01. The molecule has 5 heteroatoms. The van der Waals surface area contributed by atoms with Crippen LogP contribution in [0.1, 0.15) is 44.9 Å². The van der Waals surface area contributed by atoms with Crippen molar-refractivity contribution in [2.45, 2.75) is 57.1 Å². The van der Waals surface area contributed by atoms with Gasteiger partial charge in [0, 0.05) is 6.54 Å². The van der Waals surface area contributed by atoms with Gasteiger partial charge in [-0.05, 0) is 32.1 Å². The largest absolute Gasteiger partial charge is 0.383 e. The highest BCUT2D eigenvalue weighted by Gasteiger charge is 2.35. The van der Waals surface area contributed by atoms with Crippen LogP contribution in [0.5, 0.6) is 0 Å². The number of likely N-dealkylation sites (tertiary alicyclic amines) is 1. The van der Waals surface area contributed by atoms with Gasteiger partial charge in [0.05, 0.1) is 0 Å². The Labute approximate surface area is 114 Å². The Balaban J connectivity index is 2.35. The second-order valence-electron chi connectivity index (χ2n) is 5.03. The molecule has 0 bridgehead atoms. The highest BCUT2D eigenvalue weighted by molar-refractivity contribution is 5.89. The maximum absolute atomic E-state index is 12.0. The van der Waals surface area contributed by atoms with Crippen LogP contribution in [0.25, 0.3) is 0 Å². The van der Waals surface area contributed by atoms with Crippen LogP contribution in [0.4, 0.5) is 0 Å². The molecule has 0 spiro atoms. The summed E-state index contributed by atoms with van der Waals surface area (Å²) < 4.78 is 0. The molecule has 108 valence electrons. The van der Waals surface area contributed by atoms with E-state index in [2.05, 4.69) is 6.58 Å². The summed E-state index contributed by atoms with van der Waals surface area (Å²) in [4.78, 5) is 24.7. The van der Waals surface area contributed by atoms with E-state index in [1.807, 2.05) is 6.08 Å². The number of nitrogens with two attached hydrogens (primary N) is 1. The monoisotopic (exact) mass is 268 g/mol. The number of hydrogen-bond acceptors (Lipinski definition) is 3. The molecular formula is C14H24N2O3. The van der Waals surface area contributed by atoms with Crippen molar-refractivity contribution in [2.75, 3.05) is 6.54 Å². The van der Waals surface area contributed by atoms with Gasteiger partial charge in [0.2, 0.25) is 5.91 Å². The SMILES string of the molecule is C=CCCCCCC(O)C(=O)N1CCC[C@H]1C(N)=O. The predicted octanol–water partition coefficient (Wildman–Crippen LogP) is 0.960. The third-order valence-electron chi connectivity index (χ3n) is 3.54. The molecule has 0 aromatic carbocycles. The number of unbranched alkanes of at least 4 members (excludes halogenated alkanes) is 3. The van der Waals surface area contributed by atoms with Gasteiger partial charge in [-0.2, -0.15) is 0 Å². The normalized spacial score (nSPS) is 20.3. The number of carbonyl (C=O) groups excluding carboxylic acids is 2. The molecule has 0 aromatic rings. The smallest absolute Gasteiger partial charge is 0.252 e. The van der Waals surface area contributed by atoms with Gasteiger partial charge < -0.3 is 15.7 Å². The molecule has 2 atom stereocenters. The van der Waals surface area contributed by atoms with Crippen LogP contribution >= 0.6 is 0 Å². The molecule has 0 aromatic heterocycles. The first kappa shape index (κ1) is 15.7. The molecule has 1 heterocycles. The number of primary amides is 1. The quantitative estimate of drug-likeness (QED) is 0.508. The molecule has 3 N–H and O–H groups in total. The molecular weight excluding hydrogens is 244 g/mol. The first-order chi connectivity index (χ1) is 9.07. The Bertz CT molecular complexity index is 331. The van der Waals surface area contributed by atoms with Crippen LogP contribution in [-0.4, -0.2) is 40.5 Å². The Kier molecular flexibility index (Phi) is 6.56. The molecule has 1 fully saturated rings. The fourth-order valence-electron chi connectivity index (χ4n) is 2.44. The number of hydrogen-bond donors (Lipinski definition) is 2. The minimum absolute atomic E-state index is 0.356. The average molecular weight is 268 g/mol. The van der Waals surface area contributed by atoms with Crippen molar-refractivity contribution in [3.05, 3.63) is 12.7 Å².